The summed E-state index contributed by atoms with van der Waals surface area (Å²) in [7, 11) is 0. The lowest BCUT2D eigenvalue weighted by molar-refractivity contribution is -0.133. The van der Waals surface area contributed by atoms with Crippen LogP contribution in [-0.4, -0.2) is 11.0 Å². The molecule has 24 heavy (non-hydrogen) atoms. The molecule has 0 bridgehead atoms. The maximum absolute atomic E-state index is 11.9. The number of rotatable bonds is 5. The van der Waals surface area contributed by atoms with E-state index in [1.807, 2.05) is 72.8 Å². The molecule has 3 aromatic rings. The lowest BCUT2D eigenvalue weighted by Gasteiger charge is -2.05. The van der Waals surface area contributed by atoms with E-state index < -0.39 is 0 Å². The zero-order chi connectivity index (χ0) is 16.6. The van der Waals surface area contributed by atoms with Crippen molar-refractivity contribution in [3.05, 3.63) is 95.8 Å². The van der Waals surface area contributed by atoms with Gasteiger partial charge in [0.15, 0.2) is 0 Å². The van der Waals surface area contributed by atoms with Crippen LogP contribution in [0.4, 0.5) is 0 Å². The van der Waals surface area contributed by atoms with Gasteiger partial charge in [-0.25, -0.2) is 0 Å². The summed E-state index contributed by atoms with van der Waals surface area (Å²) in [5.41, 5.74) is 2.86. The molecule has 0 amide bonds. The highest BCUT2D eigenvalue weighted by Gasteiger charge is 2.05. The van der Waals surface area contributed by atoms with Crippen molar-refractivity contribution in [1.29, 1.82) is 0 Å². The smallest absolute Gasteiger partial charge is 0.315 e. The standard InChI is InChI=1S/C21H17NO2/c23-21(16-18-6-2-1-3-7-18)24-20-13-10-17(11-14-20)9-12-19-8-4-5-15-22-19/h1-15H,16H2/b12-9+. The van der Waals surface area contributed by atoms with E-state index in [0.717, 1.165) is 16.8 Å². The molecule has 0 saturated heterocycles. The maximum Gasteiger partial charge on any atom is 0.315 e. The molecule has 0 unspecified atom stereocenters. The summed E-state index contributed by atoms with van der Waals surface area (Å²) in [6.07, 6.45) is 5.94. The predicted molar refractivity (Wildman–Crippen MR) is 95.4 cm³/mol. The first-order valence-electron chi connectivity index (χ1n) is 7.73. The minimum absolute atomic E-state index is 0.266. The van der Waals surface area contributed by atoms with Gasteiger partial charge in [0.25, 0.3) is 0 Å². The SMILES string of the molecule is O=C(Cc1ccccc1)Oc1ccc(/C=C/c2ccccn2)cc1. The predicted octanol–water partition coefficient (Wildman–Crippen LogP) is 4.40. The average Bonchev–Trinajstić information content (AvgIpc) is 2.63. The van der Waals surface area contributed by atoms with E-state index in [9.17, 15) is 4.79 Å². The molecule has 2 aromatic carbocycles. The minimum atomic E-state index is -0.266. The lowest BCUT2D eigenvalue weighted by Crippen LogP contribution is -2.11. The minimum Gasteiger partial charge on any atom is -0.426 e. The van der Waals surface area contributed by atoms with Crippen LogP contribution in [0.25, 0.3) is 12.2 Å². The second-order valence-corrected chi connectivity index (χ2v) is 5.29. The average molecular weight is 315 g/mol. The van der Waals surface area contributed by atoms with Gasteiger partial charge in [0.2, 0.25) is 0 Å². The third kappa shape index (κ3) is 4.65. The highest BCUT2D eigenvalue weighted by atomic mass is 16.5. The number of ether oxygens (including phenoxy) is 1. The van der Waals surface area contributed by atoms with Gasteiger partial charge >= 0.3 is 5.97 Å². The number of pyridine rings is 1. The van der Waals surface area contributed by atoms with Crippen LogP contribution >= 0.6 is 0 Å². The molecule has 3 heteroatoms. The van der Waals surface area contributed by atoms with Gasteiger partial charge in [-0.2, -0.15) is 0 Å². The Bertz CT molecular complexity index is 809. The van der Waals surface area contributed by atoms with E-state index in [2.05, 4.69) is 4.98 Å². The van der Waals surface area contributed by atoms with E-state index >= 15 is 0 Å². The molecule has 0 aliphatic heterocycles. The summed E-state index contributed by atoms with van der Waals surface area (Å²) in [4.78, 5) is 16.2. The molecule has 1 aromatic heterocycles. The van der Waals surface area contributed by atoms with Crippen molar-refractivity contribution in [2.75, 3.05) is 0 Å². The number of aromatic nitrogens is 1. The fourth-order valence-electron chi connectivity index (χ4n) is 2.23. The van der Waals surface area contributed by atoms with Gasteiger partial charge in [-0.05, 0) is 41.5 Å². The van der Waals surface area contributed by atoms with Crippen molar-refractivity contribution in [3.63, 3.8) is 0 Å². The summed E-state index contributed by atoms with van der Waals surface area (Å²) in [5.74, 6) is 0.281. The van der Waals surface area contributed by atoms with Crippen LogP contribution in [0.3, 0.4) is 0 Å². The Morgan fingerprint density at radius 2 is 1.62 bits per heavy atom. The van der Waals surface area contributed by atoms with E-state index in [-0.39, 0.29) is 12.4 Å². The van der Waals surface area contributed by atoms with Gasteiger partial charge in [0.1, 0.15) is 5.75 Å². The number of hydrogen-bond acceptors (Lipinski definition) is 3. The maximum atomic E-state index is 11.9. The normalized spacial score (nSPS) is 10.7. The first kappa shape index (κ1) is 15.7. The Kier molecular flexibility index (Phi) is 5.15. The molecule has 118 valence electrons. The first-order valence-corrected chi connectivity index (χ1v) is 7.73. The lowest BCUT2D eigenvalue weighted by atomic mass is 10.1. The highest BCUT2D eigenvalue weighted by Crippen LogP contribution is 2.15. The number of hydrogen-bond donors (Lipinski definition) is 0. The van der Waals surface area contributed by atoms with Crippen LogP contribution in [0, 0.1) is 0 Å². The third-order valence-electron chi connectivity index (χ3n) is 3.44. The molecule has 0 fully saturated rings. The molecule has 0 spiro atoms. The van der Waals surface area contributed by atoms with Crippen LogP contribution in [0.15, 0.2) is 79.0 Å². The molecular weight excluding hydrogens is 298 g/mol. The molecule has 0 atom stereocenters. The van der Waals surface area contributed by atoms with Gasteiger partial charge in [0.05, 0.1) is 12.1 Å². The van der Waals surface area contributed by atoms with Crippen LogP contribution in [0.2, 0.25) is 0 Å². The van der Waals surface area contributed by atoms with E-state index in [4.69, 9.17) is 4.74 Å². The fourth-order valence-corrected chi connectivity index (χ4v) is 2.23. The van der Waals surface area contributed by atoms with Crippen molar-refractivity contribution in [2.45, 2.75) is 6.42 Å². The van der Waals surface area contributed by atoms with Crippen LogP contribution in [0.5, 0.6) is 5.75 Å². The van der Waals surface area contributed by atoms with Gasteiger partial charge in [-0.1, -0.05) is 54.6 Å². The third-order valence-corrected chi connectivity index (χ3v) is 3.44. The van der Waals surface area contributed by atoms with Crippen molar-refractivity contribution >= 4 is 18.1 Å². The number of carbonyl (C=O) groups is 1. The quantitative estimate of drug-likeness (QED) is 0.517. The molecule has 3 nitrogen and oxygen atoms in total. The first-order chi connectivity index (χ1) is 11.8. The highest BCUT2D eigenvalue weighted by molar-refractivity contribution is 5.75. The summed E-state index contributed by atoms with van der Waals surface area (Å²) in [6, 6.07) is 22.7. The molecule has 0 N–H and O–H groups in total. The number of esters is 1. The summed E-state index contributed by atoms with van der Waals surface area (Å²) >= 11 is 0. The Balaban J connectivity index is 1.58. The zero-order valence-electron chi connectivity index (χ0n) is 13.1. The van der Waals surface area contributed by atoms with Crippen molar-refractivity contribution in [2.24, 2.45) is 0 Å². The monoisotopic (exact) mass is 315 g/mol. The van der Waals surface area contributed by atoms with Crippen molar-refractivity contribution in [1.82, 2.24) is 4.98 Å². The summed E-state index contributed by atoms with van der Waals surface area (Å²) in [6.45, 7) is 0. The molecule has 1 heterocycles. The topological polar surface area (TPSA) is 39.2 Å². The van der Waals surface area contributed by atoms with E-state index in [0.29, 0.717) is 5.75 Å². The zero-order valence-corrected chi connectivity index (χ0v) is 13.1. The molecule has 3 rings (SSSR count). The molecule has 0 aliphatic rings. The summed E-state index contributed by atoms with van der Waals surface area (Å²) in [5, 5.41) is 0. The summed E-state index contributed by atoms with van der Waals surface area (Å²) < 4.78 is 5.36. The number of benzene rings is 2. The van der Waals surface area contributed by atoms with Gasteiger partial charge in [-0.3, -0.25) is 9.78 Å². The fraction of sp³-hybridized carbons (Fsp3) is 0.0476. The van der Waals surface area contributed by atoms with Crippen LogP contribution in [-0.2, 0) is 11.2 Å². The van der Waals surface area contributed by atoms with Gasteiger partial charge < -0.3 is 4.74 Å². The van der Waals surface area contributed by atoms with Crippen molar-refractivity contribution in [3.8, 4) is 5.75 Å². The second kappa shape index (κ2) is 7.88. The van der Waals surface area contributed by atoms with Crippen LogP contribution < -0.4 is 4.74 Å². The number of nitrogens with zero attached hydrogens (tertiary/aromatic N) is 1. The number of carbonyl (C=O) groups excluding carboxylic acids is 1. The van der Waals surface area contributed by atoms with E-state index in [1.54, 1.807) is 18.3 Å². The molecule has 0 radical (unpaired) electrons. The van der Waals surface area contributed by atoms with Crippen molar-refractivity contribution < 1.29 is 9.53 Å². The Hall–Kier alpha value is -3.20. The van der Waals surface area contributed by atoms with Crippen LogP contribution in [0.1, 0.15) is 16.8 Å². The Morgan fingerprint density at radius 3 is 2.33 bits per heavy atom. The van der Waals surface area contributed by atoms with Gasteiger partial charge in [-0.15, -0.1) is 0 Å². The van der Waals surface area contributed by atoms with E-state index in [1.165, 1.54) is 0 Å². The van der Waals surface area contributed by atoms with Gasteiger partial charge in [0, 0.05) is 6.20 Å². The molecule has 0 aliphatic carbocycles. The molecular formula is C21H17NO2. The Morgan fingerprint density at radius 1 is 0.875 bits per heavy atom. The molecule has 0 saturated carbocycles. The largest absolute Gasteiger partial charge is 0.426 e. The second-order valence-electron chi connectivity index (χ2n) is 5.29. The Labute approximate surface area is 141 Å².